The quantitative estimate of drug-likeness (QED) is 0.414. The molecule has 0 spiro atoms. The van der Waals surface area contributed by atoms with Crippen molar-refractivity contribution in [3.8, 4) is 0 Å². The van der Waals surface area contributed by atoms with E-state index < -0.39 is 0 Å². The van der Waals surface area contributed by atoms with Crippen LogP contribution >= 0.6 is 0 Å². The predicted molar refractivity (Wildman–Crippen MR) is 101 cm³/mol. The van der Waals surface area contributed by atoms with Gasteiger partial charge in [0.25, 0.3) is 0 Å². The number of unbranched alkanes of at least 4 members (excludes halogenated alkanes) is 6. The molecule has 0 unspecified atom stereocenters. The predicted octanol–water partition coefficient (Wildman–Crippen LogP) is 6.05. The van der Waals surface area contributed by atoms with Crippen molar-refractivity contribution in [1.82, 2.24) is 9.97 Å². The summed E-state index contributed by atoms with van der Waals surface area (Å²) in [6.45, 7) is 10.8. The summed E-state index contributed by atoms with van der Waals surface area (Å²) in [6, 6.07) is 0. The second-order valence-electron chi connectivity index (χ2n) is 6.63. The van der Waals surface area contributed by atoms with Gasteiger partial charge in [0, 0.05) is 17.8 Å². The first-order chi connectivity index (χ1) is 11.3. The minimum atomic E-state index is 0.705. The highest BCUT2D eigenvalue weighted by molar-refractivity contribution is 5.27. The molecule has 0 bridgehead atoms. The van der Waals surface area contributed by atoms with Crippen LogP contribution in [-0.4, -0.2) is 9.97 Å². The molecule has 23 heavy (non-hydrogen) atoms. The number of nitrogens with zero attached hydrogens (tertiary/aromatic N) is 2. The fraction of sp³-hybridized carbons (Fsp3) is 0.762. The lowest BCUT2D eigenvalue weighted by molar-refractivity contribution is 0.651. The second-order valence-corrected chi connectivity index (χ2v) is 6.63. The number of rotatable bonds is 13. The first kappa shape index (κ1) is 20.1. The van der Waals surface area contributed by atoms with Gasteiger partial charge in [-0.3, -0.25) is 0 Å². The minimum absolute atomic E-state index is 0.705. The third-order valence-corrected chi connectivity index (χ3v) is 4.51. The van der Waals surface area contributed by atoms with Crippen molar-refractivity contribution in [2.24, 2.45) is 0 Å². The third-order valence-electron chi connectivity index (χ3n) is 4.51. The van der Waals surface area contributed by atoms with E-state index in [2.05, 4.69) is 27.7 Å². The molecule has 0 saturated carbocycles. The van der Waals surface area contributed by atoms with Crippen molar-refractivity contribution in [2.75, 3.05) is 0 Å². The van der Waals surface area contributed by atoms with Crippen molar-refractivity contribution in [3.63, 3.8) is 0 Å². The molecule has 0 aromatic carbocycles. The Labute approximate surface area is 144 Å². The third kappa shape index (κ3) is 7.46. The Morgan fingerprint density at radius 1 is 0.652 bits per heavy atom. The van der Waals surface area contributed by atoms with E-state index in [9.17, 15) is 0 Å². The fourth-order valence-corrected chi connectivity index (χ4v) is 3.09. The first-order valence-electron chi connectivity index (χ1n) is 9.93. The van der Waals surface area contributed by atoms with E-state index in [1.807, 2.05) is 0 Å². The summed E-state index contributed by atoms with van der Waals surface area (Å²) in [4.78, 5) is 9.71. The number of hydrogen-bond acceptors (Lipinski definition) is 2. The van der Waals surface area contributed by atoms with Crippen LogP contribution in [0.25, 0.3) is 0 Å². The molecular weight excluding hydrogens is 280 g/mol. The molecule has 0 aliphatic heterocycles. The molecule has 131 valence electrons. The lowest BCUT2D eigenvalue weighted by Crippen LogP contribution is -2.10. The smallest absolute Gasteiger partial charge is 0.128 e. The molecule has 1 rings (SSSR count). The lowest BCUT2D eigenvalue weighted by atomic mass is 9.97. The molecule has 0 aliphatic rings. The lowest BCUT2D eigenvalue weighted by Gasteiger charge is -2.15. The normalized spacial score (nSPS) is 11.1. The molecule has 1 heterocycles. The first-order valence-corrected chi connectivity index (χ1v) is 9.93. The van der Waals surface area contributed by atoms with E-state index in [4.69, 9.17) is 9.97 Å². The molecule has 0 N–H and O–H groups in total. The van der Waals surface area contributed by atoms with Gasteiger partial charge in [0.15, 0.2) is 0 Å². The zero-order valence-corrected chi connectivity index (χ0v) is 15.8. The Bertz CT molecular complexity index is 395. The van der Waals surface area contributed by atoms with Crippen molar-refractivity contribution < 1.29 is 0 Å². The molecule has 2 nitrogen and oxygen atoms in total. The molecule has 1 radical (unpaired) electrons. The van der Waals surface area contributed by atoms with Crippen LogP contribution in [0.4, 0.5) is 0 Å². The summed E-state index contributed by atoms with van der Waals surface area (Å²) in [5.74, 6) is 0.947. The Kier molecular flexibility index (Phi) is 10.9. The van der Waals surface area contributed by atoms with Gasteiger partial charge in [-0.25, -0.2) is 9.97 Å². The maximum atomic E-state index is 4.86. The molecule has 0 fully saturated rings. The maximum Gasteiger partial charge on any atom is 0.128 e. The van der Waals surface area contributed by atoms with Gasteiger partial charge >= 0.3 is 0 Å². The highest BCUT2D eigenvalue weighted by Crippen LogP contribution is 2.20. The van der Waals surface area contributed by atoms with Gasteiger partial charge in [-0.1, -0.05) is 59.3 Å². The summed E-state index contributed by atoms with van der Waals surface area (Å²) >= 11 is 0. The SMILES string of the molecule is [CH2]Cc1nc(CCCCC)c(CCCCC)c(CCCCC)n1. The van der Waals surface area contributed by atoms with E-state index in [1.54, 1.807) is 0 Å². The topological polar surface area (TPSA) is 25.8 Å². The molecule has 1 aromatic heterocycles. The van der Waals surface area contributed by atoms with Gasteiger partial charge in [0.2, 0.25) is 0 Å². The van der Waals surface area contributed by atoms with Crippen molar-refractivity contribution in [1.29, 1.82) is 0 Å². The van der Waals surface area contributed by atoms with Crippen molar-refractivity contribution in [3.05, 3.63) is 29.7 Å². The summed E-state index contributed by atoms with van der Waals surface area (Å²) in [5, 5.41) is 0. The summed E-state index contributed by atoms with van der Waals surface area (Å²) in [7, 11) is 0. The van der Waals surface area contributed by atoms with Crippen molar-refractivity contribution in [2.45, 2.75) is 104 Å². The zero-order chi connectivity index (χ0) is 16.9. The Hall–Kier alpha value is -0.920. The van der Waals surface area contributed by atoms with Crippen LogP contribution in [0.15, 0.2) is 0 Å². The highest BCUT2D eigenvalue weighted by Gasteiger charge is 2.13. The molecule has 0 saturated heterocycles. The van der Waals surface area contributed by atoms with Crippen LogP contribution < -0.4 is 0 Å². The molecule has 0 atom stereocenters. The summed E-state index contributed by atoms with van der Waals surface area (Å²) in [5.41, 5.74) is 4.13. The Morgan fingerprint density at radius 3 is 1.48 bits per heavy atom. The average Bonchev–Trinajstić information content (AvgIpc) is 2.57. The molecule has 0 aliphatic carbocycles. The maximum absolute atomic E-state index is 4.86. The van der Waals surface area contributed by atoms with E-state index in [1.165, 1.54) is 74.7 Å². The van der Waals surface area contributed by atoms with E-state index in [0.29, 0.717) is 6.42 Å². The van der Waals surface area contributed by atoms with E-state index in [-0.39, 0.29) is 0 Å². The van der Waals surface area contributed by atoms with E-state index in [0.717, 1.165) is 25.1 Å². The highest BCUT2D eigenvalue weighted by atomic mass is 14.9. The average molecular weight is 318 g/mol. The molecule has 2 heteroatoms. The van der Waals surface area contributed by atoms with Crippen LogP contribution in [0.3, 0.4) is 0 Å². The van der Waals surface area contributed by atoms with Crippen LogP contribution in [0.1, 0.15) is 101 Å². The van der Waals surface area contributed by atoms with Gasteiger partial charge in [-0.15, -0.1) is 0 Å². The summed E-state index contributed by atoms with van der Waals surface area (Å²) < 4.78 is 0. The van der Waals surface area contributed by atoms with Crippen molar-refractivity contribution >= 4 is 0 Å². The van der Waals surface area contributed by atoms with Crippen LogP contribution in [0, 0.1) is 6.92 Å². The Morgan fingerprint density at radius 2 is 1.09 bits per heavy atom. The van der Waals surface area contributed by atoms with Gasteiger partial charge in [0.1, 0.15) is 5.82 Å². The van der Waals surface area contributed by atoms with E-state index >= 15 is 0 Å². The number of aryl methyl sites for hydroxylation is 2. The van der Waals surface area contributed by atoms with Gasteiger partial charge in [0.05, 0.1) is 0 Å². The molecule has 0 amide bonds. The van der Waals surface area contributed by atoms with Gasteiger partial charge in [-0.2, -0.15) is 0 Å². The number of hydrogen-bond donors (Lipinski definition) is 0. The minimum Gasteiger partial charge on any atom is -0.238 e. The van der Waals surface area contributed by atoms with Crippen LogP contribution in [-0.2, 0) is 25.7 Å². The van der Waals surface area contributed by atoms with Gasteiger partial charge in [-0.05, 0) is 51.0 Å². The fourth-order valence-electron chi connectivity index (χ4n) is 3.09. The van der Waals surface area contributed by atoms with Gasteiger partial charge < -0.3 is 0 Å². The van der Waals surface area contributed by atoms with Crippen LogP contribution in [0.2, 0.25) is 0 Å². The van der Waals surface area contributed by atoms with Crippen LogP contribution in [0.5, 0.6) is 0 Å². The zero-order valence-electron chi connectivity index (χ0n) is 15.8. The molecular formula is C21H37N2. The number of aromatic nitrogens is 2. The summed E-state index contributed by atoms with van der Waals surface area (Å²) in [6.07, 6.45) is 15.6. The second kappa shape index (κ2) is 12.5. The molecule has 1 aromatic rings. The Balaban J connectivity index is 2.97. The standard InChI is InChI=1S/C21H37N2/c1-5-9-12-15-18-19(16-13-10-6-2)22-21(8-4)23-20(18)17-14-11-7-3/h4-17H2,1-3H3. The largest absolute Gasteiger partial charge is 0.238 e. The monoisotopic (exact) mass is 317 g/mol.